The number of nitrogens with zero attached hydrogens (tertiary/aromatic N) is 1. The molecule has 0 aliphatic rings. The minimum absolute atomic E-state index is 0.0187. The molecule has 0 aliphatic carbocycles. The Morgan fingerprint density at radius 2 is 1.91 bits per heavy atom. The first-order valence-corrected chi connectivity index (χ1v) is 6.09. The minimum atomic E-state index is -4.39. The molecule has 0 saturated carbocycles. The van der Waals surface area contributed by atoms with Crippen LogP contribution in [0.15, 0.2) is 18.2 Å². The summed E-state index contributed by atoms with van der Waals surface area (Å²) in [5, 5.41) is 0. The summed E-state index contributed by atoms with van der Waals surface area (Å²) in [6.07, 6.45) is -5.55. The number of hydrogen-bond acceptors (Lipinski definition) is 3. The lowest BCUT2D eigenvalue weighted by Crippen LogP contribution is -2.30. The number of halogens is 5. The Morgan fingerprint density at radius 1 is 1.27 bits per heavy atom. The second-order valence-electron chi connectivity index (χ2n) is 4.34. The summed E-state index contributed by atoms with van der Waals surface area (Å²) in [6, 6.07) is 3.48. The van der Waals surface area contributed by atoms with Crippen LogP contribution in [0.25, 0.3) is 0 Å². The number of rotatable bonds is 6. The lowest BCUT2D eigenvalue weighted by Gasteiger charge is -2.19. The smallest absolute Gasteiger partial charge is 0.390 e. The van der Waals surface area contributed by atoms with Crippen LogP contribution in [0.1, 0.15) is 16.8 Å². The molecule has 1 aromatic carbocycles. The number of hydrogen-bond donors (Lipinski definition) is 0. The van der Waals surface area contributed by atoms with Gasteiger partial charge in [0.1, 0.15) is 0 Å². The van der Waals surface area contributed by atoms with Gasteiger partial charge in [0, 0.05) is 19.2 Å². The van der Waals surface area contributed by atoms with E-state index < -0.39 is 31.7 Å². The van der Waals surface area contributed by atoms with Crippen molar-refractivity contribution in [3.8, 4) is 11.5 Å². The second kappa shape index (κ2) is 7.28. The van der Waals surface area contributed by atoms with Crippen molar-refractivity contribution in [3.05, 3.63) is 23.8 Å². The number of amides is 1. The van der Waals surface area contributed by atoms with Crippen molar-refractivity contribution < 1.29 is 36.2 Å². The number of benzene rings is 1. The van der Waals surface area contributed by atoms with Crippen LogP contribution in [0, 0.1) is 0 Å². The van der Waals surface area contributed by atoms with Crippen molar-refractivity contribution in [1.29, 1.82) is 0 Å². The maximum atomic E-state index is 12.3. The van der Waals surface area contributed by atoms with Crippen LogP contribution >= 0.6 is 0 Å². The van der Waals surface area contributed by atoms with Crippen LogP contribution in [0.5, 0.6) is 11.5 Å². The van der Waals surface area contributed by atoms with Gasteiger partial charge in [-0.1, -0.05) is 0 Å². The molecule has 22 heavy (non-hydrogen) atoms. The first kappa shape index (κ1) is 18.0. The molecule has 0 unspecified atom stereocenters. The standard InChI is InChI=1S/C13H14F5NO3/c1-19(6-5-13(16,17)18)11(20)8-3-4-9(21-2)10(7-8)22-12(14)15/h3-4,7,12H,5-6H2,1-2H3. The van der Waals surface area contributed by atoms with Crippen LogP contribution in [0.4, 0.5) is 22.0 Å². The molecular weight excluding hydrogens is 313 g/mol. The monoisotopic (exact) mass is 327 g/mol. The van der Waals surface area contributed by atoms with E-state index in [1.54, 1.807) is 0 Å². The van der Waals surface area contributed by atoms with Gasteiger partial charge in [0.2, 0.25) is 0 Å². The van der Waals surface area contributed by atoms with Gasteiger partial charge in [0.15, 0.2) is 11.5 Å². The molecule has 0 heterocycles. The van der Waals surface area contributed by atoms with Crippen LogP contribution in [-0.4, -0.2) is 44.3 Å². The molecule has 1 rings (SSSR count). The average Bonchev–Trinajstić information content (AvgIpc) is 2.42. The number of alkyl halides is 5. The fourth-order valence-electron chi connectivity index (χ4n) is 1.61. The molecule has 9 heteroatoms. The summed E-state index contributed by atoms with van der Waals surface area (Å²) >= 11 is 0. The number of methoxy groups -OCH3 is 1. The first-order valence-electron chi connectivity index (χ1n) is 6.09. The number of carbonyl (C=O) groups is 1. The maximum Gasteiger partial charge on any atom is 0.390 e. The molecule has 0 atom stereocenters. The normalized spacial score (nSPS) is 11.5. The van der Waals surface area contributed by atoms with Gasteiger partial charge in [-0.3, -0.25) is 4.79 Å². The molecule has 0 bridgehead atoms. The van der Waals surface area contributed by atoms with Gasteiger partial charge in [0.25, 0.3) is 5.91 Å². The predicted octanol–water partition coefficient (Wildman–Crippen LogP) is 3.32. The summed E-state index contributed by atoms with van der Waals surface area (Å²) in [5.41, 5.74) is -0.0823. The second-order valence-corrected chi connectivity index (χ2v) is 4.34. The lowest BCUT2D eigenvalue weighted by molar-refractivity contribution is -0.136. The molecule has 0 spiro atoms. The zero-order valence-electron chi connectivity index (χ0n) is 11.8. The largest absolute Gasteiger partial charge is 0.493 e. The molecule has 1 amide bonds. The van der Waals surface area contributed by atoms with E-state index in [-0.39, 0.29) is 17.1 Å². The van der Waals surface area contributed by atoms with Gasteiger partial charge >= 0.3 is 12.8 Å². The van der Waals surface area contributed by atoms with Gasteiger partial charge in [-0.25, -0.2) is 0 Å². The number of carbonyl (C=O) groups excluding carboxylic acids is 1. The van der Waals surface area contributed by atoms with E-state index in [9.17, 15) is 26.7 Å². The van der Waals surface area contributed by atoms with Crippen molar-refractivity contribution in [2.75, 3.05) is 20.7 Å². The van der Waals surface area contributed by atoms with E-state index in [0.29, 0.717) is 0 Å². The molecule has 0 N–H and O–H groups in total. The van der Waals surface area contributed by atoms with E-state index in [4.69, 9.17) is 4.74 Å². The summed E-state index contributed by atoms with van der Waals surface area (Å²) in [6.45, 7) is -3.67. The van der Waals surface area contributed by atoms with Crippen LogP contribution in [0.2, 0.25) is 0 Å². The molecule has 0 aromatic heterocycles. The molecule has 0 aliphatic heterocycles. The van der Waals surface area contributed by atoms with Crippen LogP contribution in [-0.2, 0) is 0 Å². The van der Waals surface area contributed by atoms with E-state index >= 15 is 0 Å². The third-order valence-electron chi connectivity index (χ3n) is 2.70. The topological polar surface area (TPSA) is 38.8 Å². The van der Waals surface area contributed by atoms with Crippen molar-refractivity contribution in [1.82, 2.24) is 4.90 Å². The Hall–Kier alpha value is -2.06. The quantitative estimate of drug-likeness (QED) is 0.753. The Bertz CT molecular complexity index is 519. The highest BCUT2D eigenvalue weighted by molar-refractivity contribution is 5.94. The predicted molar refractivity (Wildman–Crippen MR) is 67.3 cm³/mol. The summed E-state index contributed by atoms with van der Waals surface area (Å²) in [5.74, 6) is -1.13. The molecule has 0 radical (unpaired) electrons. The van der Waals surface area contributed by atoms with Gasteiger partial charge in [-0.05, 0) is 18.2 Å². The van der Waals surface area contributed by atoms with E-state index in [1.165, 1.54) is 26.3 Å². The Morgan fingerprint density at radius 3 is 2.41 bits per heavy atom. The summed E-state index contributed by atoms with van der Waals surface area (Å²) in [7, 11) is 2.41. The molecular formula is C13H14F5NO3. The molecule has 0 fully saturated rings. The molecule has 4 nitrogen and oxygen atoms in total. The Balaban J connectivity index is 2.89. The lowest BCUT2D eigenvalue weighted by atomic mass is 10.1. The average molecular weight is 327 g/mol. The van der Waals surface area contributed by atoms with E-state index in [1.807, 2.05) is 0 Å². The van der Waals surface area contributed by atoms with Crippen molar-refractivity contribution >= 4 is 5.91 Å². The molecule has 0 saturated heterocycles. The van der Waals surface area contributed by atoms with E-state index in [2.05, 4.69) is 4.74 Å². The van der Waals surface area contributed by atoms with Gasteiger partial charge in [-0.2, -0.15) is 22.0 Å². The highest BCUT2D eigenvalue weighted by Crippen LogP contribution is 2.30. The van der Waals surface area contributed by atoms with Crippen LogP contribution < -0.4 is 9.47 Å². The molecule has 124 valence electrons. The summed E-state index contributed by atoms with van der Waals surface area (Å²) in [4.78, 5) is 12.8. The fraction of sp³-hybridized carbons (Fsp3) is 0.462. The maximum absolute atomic E-state index is 12.3. The van der Waals surface area contributed by atoms with Crippen molar-refractivity contribution in [2.45, 2.75) is 19.2 Å². The third-order valence-corrected chi connectivity index (χ3v) is 2.70. The highest BCUT2D eigenvalue weighted by atomic mass is 19.4. The summed E-state index contributed by atoms with van der Waals surface area (Å²) < 4.78 is 70.0. The molecule has 1 aromatic rings. The third kappa shape index (κ3) is 5.38. The Kier molecular flexibility index (Phi) is 5.95. The van der Waals surface area contributed by atoms with Crippen LogP contribution in [0.3, 0.4) is 0 Å². The number of ether oxygens (including phenoxy) is 2. The zero-order valence-corrected chi connectivity index (χ0v) is 11.8. The SMILES string of the molecule is COc1ccc(C(=O)N(C)CCC(F)(F)F)cc1OC(F)F. The van der Waals surface area contributed by atoms with Crippen molar-refractivity contribution in [2.24, 2.45) is 0 Å². The van der Waals surface area contributed by atoms with Gasteiger partial charge in [0.05, 0.1) is 13.5 Å². The Labute approximate surface area is 123 Å². The van der Waals surface area contributed by atoms with Gasteiger partial charge < -0.3 is 14.4 Å². The highest BCUT2D eigenvalue weighted by Gasteiger charge is 2.28. The minimum Gasteiger partial charge on any atom is -0.493 e. The first-order chi connectivity index (χ1) is 10.1. The van der Waals surface area contributed by atoms with E-state index in [0.717, 1.165) is 11.0 Å². The zero-order chi connectivity index (χ0) is 16.9. The van der Waals surface area contributed by atoms with Gasteiger partial charge in [-0.15, -0.1) is 0 Å². The van der Waals surface area contributed by atoms with Crippen molar-refractivity contribution in [3.63, 3.8) is 0 Å². The fourth-order valence-corrected chi connectivity index (χ4v) is 1.61.